The maximum atomic E-state index is 12.8. The molecule has 25 heavy (non-hydrogen) atoms. The fourth-order valence-electron chi connectivity index (χ4n) is 5.11. The van der Waals surface area contributed by atoms with Gasteiger partial charge in [0.1, 0.15) is 0 Å². The first-order valence-corrected chi connectivity index (χ1v) is 9.38. The third kappa shape index (κ3) is 2.50. The highest BCUT2D eigenvalue weighted by Gasteiger charge is 2.61. The van der Waals surface area contributed by atoms with E-state index in [1.54, 1.807) is 0 Å². The van der Waals surface area contributed by atoms with Crippen LogP contribution in [0.15, 0.2) is 54.6 Å². The van der Waals surface area contributed by atoms with Crippen LogP contribution in [0, 0.1) is 16.7 Å². The van der Waals surface area contributed by atoms with Gasteiger partial charge in [-0.2, -0.15) is 0 Å². The van der Waals surface area contributed by atoms with E-state index < -0.39 is 0 Å². The molecule has 2 aromatic carbocycles. The minimum Gasteiger partial charge on any atom is -0.349 e. The molecule has 2 fully saturated rings. The van der Waals surface area contributed by atoms with Crippen molar-refractivity contribution < 1.29 is 4.79 Å². The molecule has 0 aliphatic heterocycles. The van der Waals surface area contributed by atoms with E-state index in [0.717, 1.165) is 23.5 Å². The Balaban J connectivity index is 1.49. The van der Waals surface area contributed by atoms with Gasteiger partial charge in [-0.25, -0.2) is 0 Å². The van der Waals surface area contributed by atoms with Gasteiger partial charge in [0.25, 0.3) is 5.91 Å². The number of rotatable bonds is 3. The molecular formula is C23H27NO. The topological polar surface area (TPSA) is 29.1 Å². The van der Waals surface area contributed by atoms with Gasteiger partial charge in [0.2, 0.25) is 0 Å². The zero-order valence-electron chi connectivity index (χ0n) is 15.4. The van der Waals surface area contributed by atoms with Crippen molar-refractivity contribution >= 4 is 5.91 Å². The van der Waals surface area contributed by atoms with Crippen LogP contribution in [0.4, 0.5) is 0 Å². The van der Waals surface area contributed by atoms with Crippen molar-refractivity contribution in [2.75, 3.05) is 0 Å². The summed E-state index contributed by atoms with van der Waals surface area (Å²) in [6.45, 7) is 7.13. The van der Waals surface area contributed by atoms with E-state index in [1.807, 2.05) is 42.5 Å². The second-order valence-corrected chi connectivity index (χ2v) is 8.58. The maximum Gasteiger partial charge on any atom is 0.251 e. The van der Waals surface area contributed by atoms with Gasteiger partial charge >= 0.3 is 0 Å². The van der Waals surface area contributed by atoms with Crippen molar-refractivity contribution in [2.45, 2.75) is 46.1 Å². The number of carbonyl (C=O) groups is 1. The molecule has 2 aliphatic rings. The van der Waals surface area contributed by atoms with E-state index in [-0.39, 0.29) is 11.3 Å². The number of amides is 1. The quantitative estimate of drug-likeness (QED) is 0.811. The van der Waals surface area contributed by atoms with Crippen molar-refractivity contribution in [2.24, 2.45) is 16.7 Å². The lowest BCUT2D eigenvalue weighted by molar-refractivity contribution is 0.0826. The first-order valence-electron chi connectivity index (χ1n) is 9.38. The Morgan fingerprint density at radius 2 is 1.60 bits per heavy atom. The largest absolute Gasteiger partial charge is 0.349 e. The molecule has 2 saturated carbocycles. The molecule has 0 unspecified atom stereocenters. The van der Waals surface area contributed by atoms with Crippen molar-refractivity contribution in [3.8, 4) is 11.1 Å². The normalized spacial score (nSPS) is 29.6. The molecular weight excluding hydrogens is 306 g/mol. The summed E-state index contributed by atoms with van der Waals surface area (Å²) >= 11 is 0. The number of fused-ring (bicyclic) bond motifs is 2. The Bertz CT molecular complexity index is 777. The Kier molecular flexibility index (Phi) is 3.75. The summed E-state index contributed by atoms with van der Waals surface area (Å²) in [5.74, 6) is 0.803. The first kappa shape index (κ1) is 16.4. The lowest BCUT2D eigenvalue weighted by Crippen LogP contribution is -2.46. The monoisotopic (exact) mass is 333 g/mol. The number of benzene rings is 2. The van der Waals surface area contributed by atoms with Crippen LogP contribution in [0.1, 0.15) is 50.4 Å². The van der Waals surface area contributed by atoms with Gasteiger partial charge in [0, 0.05) is 11.6 Å². The summed E-state index contributed by atoms with van der Waals surface area (Å²) < 4.78 is 0. The van der Waals surface area contributed by atoms with Crippen molar-refractivity contribution in [3.63, 3.8) is 0 Å². The molecule has 2 aliphatic carbocycles. The smallest absolute Gasteiger partial charge is 0.251 e. The first-order chi connectivity index (χ1) is 11.9. The summed E-state index contributed by atoms with van der Waals surface area (Å²) in [5, 5.41) is 3.34. The lowest BCUT2D eigenvalue weighted by atomic mass is 9.69. The van der Waals surface area contributed by atoms with Crippen LogP contribution in [-0.2, 0) is 0 Å². The molecule has 3 atom stereocenters. The van der Waals surface area contributed by atoms with Crippen LogP contribution in [0.25, 0.3) is 11.1 Å². The van der Waals surface area contributed by atoms with Crippen molar-refractivity contribution in [3.05, 3.63) is 60.2 Å². The third-order valence-corrected chi connectivity index (χ3v) is 7.35. The molecule has 0 aromatic heterocycles. The molecule has 0 heterocycles. The van der Waals surface area contributed by atoms with Gasteiger partial charge in [-0.05, 0) is 59.3 Å². The molecule has 4 rings (SSSR count). The van der Waals surface area contributed by atoms with Crippen LogP contribution in [0.5, 0.6) is 0 Å². The predicted molar refractivity (Wildman–Crippen MR) is 102 cm³/mol. The number of nitrogens with one attached hydrogen (secondary N) is 1. The summed E-state index contributed by atoms with van der Waals surface area (Å²) in [5.41, 5.74) is 3.62. The van der Waals surface area contributed by atoms with Crippen LogP contribution < -0.4 is 5.32 Å². The molecule has 2 bridgehead atoms. The van der Waals surface area contributed by atoms with Gasteiger partial charge in [-0.15, -0.1) is 0 Å². The minimum atomic E-state index is 0.0641. The summed E-state index contributed by atoms with van der Waals surface area (Å²) in [7, 11) is 0. The van der Waals surface area contributed by atoms with E-state index in [1.165, 1.54) is 18.4 Å². The fourth-order valence-corrected chi connectivity index (χ4v) is 5.11. The van der Waals surface area contributed by atoms with Gasteiger partial charge in [0.05, 0.1) is 0 Å². The van der Waals surface area contributed by atoms with Crippen molar-refractivity contribution in [1.82, 2.24) is 5.32 Å². The zero-order valence-corrected chi connectivity index (χ0v) is 15.4. The molecule has 1 amide bonds. The molecule has 2 heteroatoms. The minimum absolute atomic E-state index is 0.0641. The molecule has 2 nitrogen and oxygen atoms in total. The second kappa shape index (κ2) is 5.72. The van der Waals surface area contributed by atoms with Gasteiger partial charge < -0.3 is 5.32 Å². The Morgan fingerprint density at radius 1 is 0.960 bits per heavy atom. The second-order valence-electron chi connectivity index (χ2n) is 8.58. The van der Waals surface area contributed by atoms with Crippen LogP contribution in [-0.4, -0.2) is 11.9 Å². The number of carbonyl (C=O) groups excluding carboxylic acids is 1. The molecule has 0 saturated heterocycles. The number of hydrogen-bond acceptors (Lipinski definition) is 1. The molecule has 0 radical (unpaired) electrons. The van der Waals surface area contributed by atoms with Gasteiger partial charge in [0.15, 0.2) is 0 Å². The molecule has 130 valence electrons. The fraction of sp³-hybridized carbons (Fsp3) is 0.435. The standard InChI is InChI=1S/C23H27NO/c1-22(2)19-13-14-23(22,3)20(15-19)24-21(25)18-11-9-17(10-12-18)16-7-5-4-6-8-16/h4-12,19-20H,13-15H2,1-3H3,(H,24,25)/t19-,20-,23+/m1/s1. The predicted octanol–water partition coefficient (Wildman–Crippen LogP) is 5.30. The Hall–Kier alpha value is -2.09. The van der Waals surface area contributed by atoms with E-state index in [0.29, 0.717) is 11.5 Å². The summed E-state index contributed by atoms with van der Waals surface area (Å²) in [6, 6.07) is 18.5. The highest BCUT2D eigenvalue weighted by atomic mass is 16.1. The molecule has 1 N–H and O–H groups in total. The SMILES string of the molecule is CC1(C)[C@@H]2CC[C@@]1(C)[C@H](NC(=O)c1ccc(-c3ccccc3)cc1)C2. The van der Waals surface area contributed by atoms with Crippen molar-refractivity contribution in [1.29, 1.82) is 0 Å². The molecule has 0 spiro atoms. The van der Waals surface area contributed by atoms with Gasteiger partial charge in [-0.3, -0.25) is 4.79 Å². The average molecular weight is 333 g/mol. The highest BCUT2D eigenvalue weighted by molar-refractivity contribution is 5.95. The summed E-state index contributed by atoms with van der Waals surface area (Å²) in [4.78, 5) is 12.8. The van der Waals surface area contributed by atoms with E-state index >= 15 is 0 Å². The van der Waals surface area contributed by atoms with Gasteiger partial charge in [-0.1, -0.05) is 63.2 Å². The Morgan fingerprint density at radius 3 is 2.16 bits per heavy atom. The third-order valence-electron chi connectivity index (χ3n) is 7.35. The summed E-state index contributed by atoms with van der Waals surface area (Å²) in [6.07, 6.45) is 3.65. The van der Waals surface area contributed by atoms with E-state index in [4.69, 9.17) is 0 Å². The number of hydrogen-bond donors (Lipinski definition) is 1. The average Bonchev–Trinajstić information content (AvgIpc) is 2.96. The van der Waals surface area contributed by atoms with E-state index in [9.17, 15) is 4.79 Å². The Labute approximate surface area is 150 Å². The maximum absolute atomic E-state index is 12.8. The lowest BCUT2D eigenvalue weighted by Gasteiger charge is -2.39. The highest BCUT2D eigenvalue weighted by Crippen LogP contribution is 2.65. The molecule has 2 aromatic rings. The van der Waals surface area contributed by atoms with Crippen LogP contribution >= 0.6 is 0 Å². The zero-order chi connectivity index (χ0) is 17.7. The van der Waals surface area contributed by atoms with Crippen LogP contribution in [0.3, 0.4) is 0 Å². The van der Waals surface area contributed by atoms with E-state index in [2.05, 4.69) is 38.2 Å². The van der Waals surface area contributed by atoms with Crippen LogP contribution in [0.2, 0.25) is 0 Å².